The van der Waals surface area contributed by atoms with Gasteiger partial charge < -0.3 is 9.47 Å². The lowest BCUT2D eigenvalue weighted by Gasteiger charge is -2.31. The topological polar surface area (TPSA) is 18.5 Å². The van der Waals surface area contributed by atoms with Gasteiger partial charge >= 0.3 is 0 Å². The molecule has 0 aromatic heterocycles. The molecule has 0 heterocycles. The highest BCUT2D eigenvalue weighted by Crippen LogP contribution is 2.29. The fraction of sp³-hybridized carbons (Fsp3) is 1.00. The molecule has 1 aliphatic carbocycles. The van der Waals surface area contributed by atoms with Crippen molar-refractivity contribution in [3.05, 3.63) is 0 Å². The van der Waals surface area contributed by atoms with Crippen LogP contribution in [-0.2, 0) is 9.47 Å². The zero-order valence-corrected chi connectivity index (χ0v) is 12.0. The van der Waals surface area contributed by atoms with Crippen LogP contribution < -0.4 is 0 Å². The molecular formula is C14H30O2. The third-order valence-electron chi connectivity index (χ3n) is 3.66. The van der Waals surface area contributed by atoms with Crippen LogP contribution >= 0.6 is 0 Å². The molecule has 2 nitrogen and oxygen atoms in total. The van der Waals surface area contributed by atoms with Crippen molar-refractivity contribution in [1.82, 2.24) is 0 Å². The molecule has 0 aromatic rings. The van der Waals surface area contributed by atoms with Gasteiger partial charge in [0.2, 0.25) is 0 Å². The molecule has 0 spiro atoms. The van der Waals surface area contributed by atoms with Crippen molar-refractivity contribution < 1.29 is 9.47 Å². The average molecular weight is 230 g/mol. The van der Waals surface area contributed by atoms with E-state index in [4.69, 9.17) is 9.47 Å². The van der Waals surface area contributed by atoms with Crippen LogP contribution in [0.25, 0.3) is 0 Å². The highest BCUT2D eigenvalue weighted by Gasteiger charge is 2.24. The van der Waals surface area contributed by atoms with Crippen molar-refractivity contribution in [2.45, 2.75) is 65.6 Å². The van der Waals surface area contributed by atoms with Crippen LogP contribution in [0, 0.1) is 11.8 Å². The van der Waals surface area contributed by atoms with E-state index in [1.165, 1.54) is 19.3 Å². The molecule has 1 saturated carbocycles. The van der Waals surface area contributed by atoms with E-state index in [2.05, 4.69) is 27.7 Å². The number of methoxy groups -OCH3 is 2. The SMILES string of the molecule is CCC(C)OC.COC1CC(C)CCC1C. The summed E-state index contributed by atoms with van der Waals surface area (Å²) in [5.74, 6) is 1.65. The zero-order valence-electron chi connectivity index (χ0n) is 12.0. The molecule has 0 saturated heterocycles. The molecule has 0 N–H and O–H groups in total. The van der Waals surface area contributed by atoms with Gasteiger partial charge in [-0.05, 0) is 38.0 Å². The van der Waals surface area contributed by atoms with Crippen LogP contribution in [0.15, 0.2) is 0 Å². The van der Waals surface area contributed by atoms with Crippen LogP contribution in [0.1, 0.15) is 53.4 Å². The van der Waals surface area contributed by atoms with Gasteiger partial charge in [0.15, 0.2) is 0 Å². The summed E-state index contributed by atoms with van der Waals surface area (Å²) in [6, 6.07) is 0. The minimum absolute atomic E-state index is 0.435. The molecule has 4 atom stereocenters. The first-order valence-corrected chi connectivity index (χ1v) is 6.60. The first-order chi connectivity index (χ1) is 7.54. The summed E-state index contributed by atoms with van der Waals surface area (Å²) in [6.45, 7) is 8.77. The molecule has 0 amide bonds. The van der Waals surface area contributed by atoms with Crippen molar-refractivity contribution in [1.29, 1.82) is 0 Å². The second kappa shape index (κ2) is 9.00. The average Bonchev–Trinajstić information content (AvgIpc) is 2.32. The van der Waals surface area contributed by atoms with Crippen molar-refractivity contribution >= 4 is 0 Å². The largest absolute Gasteiger partial charge is 0.382 e. The minimum Gasteiger partial charge on any atom is -0.382 e. The smallest absolute Gasteiger partial charge is 0.0599 e. The lowest BCUT2D eigenvalue weighted by atomic mass is 9.82. The van der Waals surface area contributed by atoms with E-state index in [0.717, 1.165) is 18.3 Å². The number of hydrogen-bond acceptors (Lipinski definition) is 2. The Kier molecular flexibility index (Phi) is 8.96. The van der Waals surface area contributed by atoms with Gasteiger partial charge in [-0.3, -0.25) is 0 Å². The Hall–Kier alpha value is -0.0800. The molecule has 0 aromatic carbocycles. The maximum Gasteiger partial charge on any atom is 0.0599 e. The van der Waals surface area contributed by atoms with Gasteiger partial charge in [0, 0.05) is 14.2 Å². The predicted molar refractivity (Wildman–Crippen MR) is 69.7 cm³/mol. The normalized spacial score (nSPS) is 31.5. The summed E-state index contributed by atoms with van der Waals surface area (Å²) >= 11 is 0. The summed E-state index contributed by atoms with van der Waals surface area (Å²) < 4.78 is 10.3. The first kappa shape index (κ1) is 15.9. The molecular weight excluding hydrogens is 200 g/mol. The van der Waals surface area contributed by atoms with Gasteiger partial charge in [-0.2, -0.15) is 0 Å². The Morgan fingerprint density at radius 3 is 2.12 bits per heavy atom. The van der Waals surface area contributed by atoms with E-state index in [0.29, 0.717) is 12.2 Å². The standard InChI is InChI=1S/C9H18O.C5H12O/c1-7-4-5-8(2)9(6-7)10-3;1-4-5(2)6-3/h7-9H,4-6H2,1-3H3;5H,4H2,1-3H3. The fourth-order valence-corrected chi connectivity index (χ4v) is 1.98. The van der Waals surface area contributed by atoms with Crippen molar-refractivity contribution in [2.24, 2.45) is 11.8 Å². The maximum atomic E-state index is 5.37. The van der Waals surface area contributed by atoms with Crippen LogP contribution in [-0.4, -0.2) is 26.4 Å². The van der Waals surface area contributed by atoms with Gasteiger partial charge in [-0.25, -0.2) is 0 Å². The Labute approximate surface area is 102 Å². The van der Waals surface area contributed by atoms with Gasteiger partial charge in [-0.1, -0.05) is 27.2 Å². The van der Waals surface area contributed by atoms with Crippen molar-refractivity contribution in [3.8, 4) is 0 Å². The van der Waals surface area contributed by atoms with E-state index in [-0.39, 0.29) is 0 Å². The Balaban J connectivity index is 0.000000325. The molecule has 2 heteroatoms. The molecule has 0 radical (unpaired) electrons. The molecule has 1 aliphatic rings. The minimum atomic E-state index is 0.435. The summed E-state index contributed by atoms with van der Waals surface area (Å²) in [5.41, 5.74) is 0. The molecule has 0 aliphatic heterocycles. The van der Waals surface area contributed by atoms with Gasteiger partial charge in [-0.15, -0.1) is 0 Å². The zero-order chi connectivity index (χ0) is 12.6. The quantitative estimate of drug-likeness (QED) is 0.732. The van der Waals surface area contributed by atoms with Crippen LogP contribution in [0.2, 0.25) is 0 Å². The third-order valence-corrected chi connectivity index (χ3v) is 3.66. The second-order valence-corrected chi connectivity index (χ2v) is 5.12. The molecule has 4 unspecified atom stereocenters. The van der Waals surface area contributed by atoms with E-state index >= 15 is 0 Å². The number of rotatable bonds is 3. The van der Waals surface area contributed by atoms with E-state index < -0.39 is 0 Å². The van der Waals surface area contributed by atoms with Crippen molar-refractivity contribution in [2.75, 3.05) is 14.2 Å². The van der Waals surface area contributed by atoms with E-state index in [9.17, 15) is 0 Å². The molecule has 1 fully saturated rings. The molecule has 16 heavy (non-hydrogen) atoms. The Bertz CT molecular complexity index is 155. The maximum absolute atomic E-state index is 5.37. The first-order valence-electron chi connectivity index (χ1n) is 6.60. The molecule has 98 valence electrons. The fourth-order valence-electron chi connectivity index (χ4n) is 1.98. The van der Waals surface area contributed by atoms with Gasteiger partial charge in [0.25, 0.3) is 0 Å². The lowest BCUT2D eigenvalue weighted by Crippen LogP contribution is -2.27. The van der Waals surface area contributed by atoms with Crippen molar-refractivity contribution in [3.63, 3.8) is 0 Å². The summed E-state index contributed by atoms with van der Waals surface area (Å²) in [5, 5.41) is 0. The summed E-state index contributed by atoms with van der Waals surface area (Å²) in [7, 11) is 3.56. The third kappa shape index (κ3) is 6.49. The monoisotopic (exact) mass is 230 g/mol. The van der Waals surface area contributed by atoms with Crippen LogP contribution in [0.3, 0.4) is 0 Å². The number of hydrogen-bond donors (Lipinski definition) is 0. The van der Waals surface area contributed by atoms with Gasteiger partial charge in [0.1, 0.15) is 0 Å². The van der Waals surface area contributed by atoms with Crippen LogP contribution in [0.4, 0.5) is 0 Å². The second-order valence-electron chi connectivity index (χ2n) is 5.12. The highest BCUT2D eigenvalue weighted by atomic mass is 16.5. The van der Waals surface area contributed by atoms with Crippen LogP contribution in [0.5, 0.6) is 0 Å². The Morgan fingerprint density at radius 1 is 1.19 bits per heavy atom. The van der Waals surface area contributed by atoms with E-state index in [1.54, 1.807) is 7.11 Å². The number of ether oxygens (including phenoxy) is 2. The van der Waals surface area contributed by atoms with E-state index in [1.807, 2.05) is 7.11 Å². The summed E-state index contributed by atoms with van der Waals surface area (Å²) in [4.78, 5) is 0. The predicted octanol–water partition coefficient (Wildman–Crippen LogP) is 3.89. The molecule has 0 bridgehead atoms. The Morgan fingerprint density at radius 2 is 1.81 bits per heavy atom. The highest BCUT2D eigenvalue weighted by molar-refractivity contribution is 4.75. The lowest BCUT2D eigenvalue weighted by molar-refractivity contribution is 0.0148. The summed E-state index contributed by atoms with van der Waals surface area (Å²) in [6.07, 6.45) is 6.07. The molecule has 1 rings (SSSR count). The van der Waals surface area contributed by atoms with Gasteiger partial charge in [0.05, 0.1) is 12.2 Å².